The van der Waals surface area contributed by atoms with Crippen LogP contribution in [0.2, 0.25) is 5.02 Å². The van der Waals surface area contributed by atoms with Crippen molar-refractivity contribution in [2.24, 2.45) is 5.92 Å². The van der Waals surface area contributed by atoms with Crippen LogP contribution in [-0.4, -0.2) is 46.8 Å². The van der Waals surface area contributed by atoms with E-state index in [1.165, 1.54) is 11.3 Å². The number of esters is 1. The Kier molecular flexibility index (Phi) is 7.51. The second-order valence-electron chi connectivity index (χ2n) is 7.66. The summed E-state index contributed by atoms with van der Waals surface area (Å²) in [5.74, 6) is 0.336. The van der Waals surface area contributed by atoms with E-state index in [2.05, 4.69) is 25.4 Å². The lowest BCUT2D eigenvalue weighted by atomic mass is 9.96. The molecule has 0 aliphatic carbocycles. The summed E-state index contributed by atoms with van der Waals surface area (Å²) < 4.78 is 4.93. The molecule has 3 heterocycles. The molecular formula is C23H24ClN5O3S. The molecule has 33 heavy (non-hydrogen) atoms. The van der Waals surface area contributed by atoms with Crippen LogP contribution in [0.25, 0.3) is 11.3 Å². The normalized spacial score (nSPS) is 14.2. The Balaban J connectivity index is 1.28. The third-order valence-corrected chi connectivity index (χ3v) is 6.45. The standard InChI is InChI=1S/C23H24ClN5O3S/c1-2-32-21(30)13-18-14-33-23(25-18)26-22(31)16-9-11-29(12-10-16)20-8-7-19(27-28-20)15-3-5-17(24)6-4-15/h3-8,14,16H,2,9-13H2,1H3,(H,25,26,31). The van der Waals surface area contributed by atoms with E-state index in [4.69, 9.17) is 16.3 Å². The van der Waals surface area contributed by atoms with Crippen molar-refractivity contribution >= 4 is 45.8 Å². The highest BCUT2D eigenvalue weighted by molar-refractivity contribution is 7.13. The lowest BCUT2D eigenvalue weighted by Crippen LogP contribution is -2.38. The Morgan fingerprint density at radius 1 is 1.15 bits per heavy atom. The summed E-state index contributed by atoms with van der Waals surface area (Å²) in [4.78, 5) is 30.7. The van der Waals surface area contributed by atoms with Gasteiger partial charge in [-0.3, -0.25) is 9.59 Å². The van der Waals surface area contributed by atoms with Crippen LogP contribution >= 0.6 is 22.9 Å². The van der Waals surface area contributed by atoms with E-state index in [9.17, 15) is 9.59 Å². The highest BCUT2D eigenvalue weighted by atomic mass is 35.5. The van der Waals surface area contributed by atoms with Crippen LogP contribution < -0.4 is 10.2 Å². The van der Waals surface area contributed by atoms with Gasteiger partial charge < -0.3 is 15.0 Å². The molecule has 0 atom stereocenters. The second-order valence-corrected chi connectivity index (χ2v) is 8.95. The summed E-state index contributed by atoms with van der Waals surface area (Å²) in [5, 5.41) is 14.6. The van der Waals surface area contributed by atoms with E-state index in [0.717, 1.165) is 30.2 Å². The summed E-state index contributed by atoms with van der Waals surface area (Å²) >= 11 is 7.26. The molecule has 10 heteroatoms. The summed E-state index contributed by atoms with van der Waals surface area (Å²) in [7, 11) is 0. The van der Waals surface area contributed by atoms with Gasteiger partial charge in [0.05, 0.1) is 24.4 Å². The average Bonchev–Trinajstić information content (AvgIpc) is 3.26. The van der Waals surface area contributed by atoms with Gasteiger partial charge in [-0.1, -0.05) is 23.7 Å². The minimum atomic E-state index is -0.322. The fourth-order valence-corrected chi connectivity index (χ4v) is 4.49. The number of hydrogen-bond acceptors (Lipinski definition) is 8. The monoisotopic (exact) mass is 485 g/mol. The van der Waals surface area contributed by atoms with Crippen molar-refractivity contribution in [3.8, 4) is 11.3 Å². The SMILES string of the molecule is CCOC(=O)Cc1csc(NC(=O)C2CCN(c3ccc(-c4ccc(Cl)cc4)nn3)CC2)n1. The van der Waals surface area contributed by atoms with Crippen molar-refractivity contribution in [3.05, 3.63) is 52.5 Å². The van der Waals surface area contributed by atoms with Crippen LogP contribution in [0, 0.1) is 5.92 Å². The Hall–Kier alpha value is -3.04. The maximum Gasteiger partial charge on any atom is 0.311 e. The third-order valence-electron chi connectivity index (χ3n) is 5.39. The molecule has 1 amide bonds. The van der Waals surface area contributed by atoms with E-state index in [0.29, 0.717) is 35.3 Å². The van der Waals surface area contributed by atoms with Gasteiger partial charge in [-0.2, -0.15) is 0 Å². The molecule has 8 nitrogen and oxygen atoms in total. The van der Waals surface area contributed by atoms with Crippen molar-refractivity contribution in [1.82, 2.24) is 15.2 Å². The molecule has 0 radical (unpaired) electrons. The van der Waals surface area contributed by atoms with Crippen LogP contribution in [0.5, 0.6) is 0 Å². The summed E-state index contributed by atoms with van der Waals surface area (Å²) in [5.41, 5.74) is 2.35. The van der Waals surface area contributed by atoms with E-state index in [-0.39, 0.29) is 24.2 Å². The third kappa shape index (κ3) is 6.06. The van der Waals surface area contributed by atoms with Gasteiger partial charge in [0.2, 0.25) is 5.91 Å². The first-order chi connectivity index (χ1) is 16.0. The lowest BCUT2D eigenvalue weighted by molar-refractivity contribution is -0.142. The number of nitrogens with zero attached hydrogens (tertiary/aromatic N) is 4. The number of amides is 1. The molecule has 0 spiro atoms. The van der Waals surface area contributed by atoms with Gasteiger partial charge >= 0.3 is 5.97 Å². The predicted molar refractivity (Wildman–Crippen MR) is 128 cm³/mol. The number of carbonyl (C=O) groups excluding carboxylic acids is 2. The fraction of sp³-hybridized carbons (Fsp3) is 0.348. The number of ether oxygens (including phenoxy) is 1. The number of aromatic nitrogens is 3. The molecule has 0 bridgehead atoms. The highest BCUT2D eigenvalue weighted by Gasteiger charge is 2.26. The lowest BCUT2D eigenvalue weighted by Gasteiger charge is -2.31. The van der Waals surface area contributed by atoms with Crippen molar-refractivity contribution < 1.29 is 14.3 Å². The van der Waals surface area contributed by atoms with Gasteiger partial charge in [0.1, 0.15) is 0 Å². The molecule has 1 aliphatic heterocycles. The van der Waals surface area contributed by atoms with E-state index < -0.39 is 0 Å². The molecule has 1 aliphatic rings. The first-order valence-corrected chi connectivity index (χ1v) is 12.0. The molecule has 0 saturated carbocycles. The van der Waals surface area contributed by atoms with Crippen molar-refractivity contribution in [1.29, 1.82) is 0 Å². The number of halogens is 1. The molecule has 1 aromatic carbocycles. The molecular weight excluding hydrogens is 462 g/mol. The van der Waals surface area contributed by atoms with Crippen LogP contribution in [0.3, 0.4) is 0 Å². The zero-order valence-corrected chi connectivity index (χ0v) is 19.7. The maximum atomic E-state index is 12.7. The van der Waals surface area contributed by atoms with Crippen LogP contribution in [0.4, 0.5) is 10.9 Å². The number of benzene rings is 1. The molecule has 172 valence electrons. The van der Waals surface area contributed by atoms with E-state index in [1.807, 2.05) is 36.4 Å². The van der Waals surface area contributed by atoms with Gasteiger partial charge in [0, 0.05) is 35.0 Å². The van der Waals surface area contributed by atoms with Crippen LogP contribution in [-0.2, 0) is 20.7 Å². The number of nitrogens with one attached hydrogen (secondary N) is 1. The number of piperidine rings is 1. The van der Waals surface area contributed by atoms with Gasteiger partial charge in [-0.15, -0.1) is 21.5 Å². The zero-order valence-electron chi connectivity index (χ0n) is 18.2. The largest absolute Gasteiger partial charge is 0.466 e. The first kappa shape index (κ1) is 23.1. The van der Waals surface area contributed by atoms with Gasteiger partial charge in [0.15, 0.2) is 10.9 Å². The number of rotatable bonds is 7. The topological polar surface area (TPSA) is 97.3 Å². The Labute approximate surface area is 201 Å². The molecule has 1 fully saturated rings. The van der Waals surface area contributed by atoms with Gasteiger partial charge in [0.25, 0.3) is 0 Å². The molecule has 0 unspecified atom stereocenters. The maximum absolute atomic E-state index is 12.7. The zero-order chi connectivity index (χ0) is 23.2. The minimum absolute atomic E-state index is 0.0455. The Bertz CT molecular complexity index is 1100. The molecule has 2 aromatic heterocycles. The van der Waals surface area contributed by atoms with Crippen LogP contribution in [0.15, 0.2) is 41.8 Å². The van der Waals surface area contributed by atoms with Crippen molar-refractivity contribution in [2.75, 3.05) is 29.9 Å². The number of anilines is 2. The van der Waals surface area contributed by atoms with Crippen molar-refractivity contribution in [3.63, 3.8) is 0 Å². The van der Waals surface area contributed by atoms with E-state index in [1.54, 1.807) is 12.3 Å². The van der Waals surface area contributed by atoms with E-state index >= 15 is 0 Å². The second kappa shape index (κ2) is 10.7. The summed E-state index contributed by atoms with van der Waals surface area (Å²) in [6, 6.07) is 11.4. The smallest absolute Gasteiger partial charge is 0.311 e. The first-order valence-electron chi connectivity index (χ1n) is 10.8. The molecule has 3 aromatic rings. The average molecular weight is 486 g/mol. The summed E-state index contributed by atoms with van der Waals surface area (Å²) in [6.45, 7) is 3.54. The molecule has 1 saturated heterocycles. The number of thiazole rings is 1. The minimum Gasteiger partial charge on any atom is -0.466 e. The predicted octanol–water partition coefficient (Wildman–Crippen LogP) is 4.21. The summed E-state index contributed by atoms with van der Waals surface area (Å²) in [6.07, 6.45) is 1.54. The number of carbonyl (C=O) groups is 2. The number of hydrogen-bond donors (Lipinski definition) is 1. The molecule has 4 rings (SSSR count). The van der Waals surface area contributed by atoms with Gasteiger partial charge in [-0.05, 0) is 44.0 Å². The van der Waals surface area contributed by atoms with Crippen LogP contribution in [0.1, 0.15) is 25.5 Å². The molecule has 1 N–H and O–H groups in total. The van der Waals surface area contributed by atoms with Gasteiger partial charge in [-0.25, -0.2) is 4.98 Å². The Morgan fingerprint density at radius 3 is 2.58 bits per heavy atom. The fourth-order valence-electron chi connectivity index (χ4n) is 3.65. The van der Waals surface area contributed by atoms with Crippen molar-refractivity contribution in [2.45, 2.75) is 26.2 Å². The quantitative estimate of drug-likeness (QED) is 0.500. The Morgan fingerprint density at radius 2 is 1.91 bits per heavy atom. The highest BCUT2D eigenvalue weighted by Crippen LogP contribution is 2.25.